The van der Waals surface area contributed by atoms with E-state index < -0.39 is 0 Å². The van der Waals surface area contributed by atoms with Gasteiger partial charge in [0, 0.05) is 30.2 Å². The number of hydrogen-bond donors (Lipinski definition) is 1. The summed E-state index contributed by atoms with van der Waals surface area (Å²) in [5.74, 6) is 1.09. The van der Waals surface area contributed by atoms with E-state index >= 15 is 0 Å². The van der Waals surface area contributed by atoms with Gasteiger partial charge in [0.05, 0.1) is 5.69 Å². The molecule has 0 bridgehead atoms. The zero-order valence-corrected chi connectivity index (χ0v) is 16.3. The molecule has 0 spiro atoms. The summed E-state index contributed by atoms with van der Waals surface area (Å²) in [6.07, 6.45) is 0.863. The number of aromatic nitrogens is 2. The number of benzene rings is 1. The van der Waals surface area contributed by atoms with E-state index in [9.17, 15) is 10.1 Å². The van der Waals surface area contributed by atoms with Crippen LogP contribution in [0.1, 0.15) is 49.9 Å². The highest BCUT2D eigenvalue weighted by atomic mass is 32.2. The molecule has 1 aromatic carbocycles. The highest BCUT2D eigenvalue weighted by molar-refractivity contribution is 7.98. The van der Waals surface area contributed by atoms with Gasteiger partial charge in [-0.25, -0.2) is 0 Å². The van der Waals surface area contributed by atoms with Crippen LogP contribution >= 0.6 is 11.8 Å². The van der Waals surface area contributed by atoms with Gasteiger partial charge in [-0.05, 0) is 12.0 Å². The summed E-state index contributed by atoms with van der Waals surface area (Å²) < 4.78 is 0. The molecule has 1 atom stereocenters. The van der Waals surface area contributed by atoms with Crippen LogP contribution < -0.4 is 0 Å². The van der Waals surface area contributed by atoms with E-state index in [1.54, 1.807) is 11.8 Å². The average Bonchev–Trinajstić information content (AvgIpc) is 3.25. The number of nitrogens with zero attached hydrogens (tertiary/aromatic N) is 3. The number of carbonyl (C=O) groups excluding carboxylic acids is 1. The monoisotopic (exact) mass is 368 g/mol. The largest absolute Gasteiger partial charge is 0.342 e. The van der Waals surface area contributed by atoms with Crippen LogP contribution in [-0.2, 0) is 10.5 Å². The maximum atomic E-state index is 12.5. The Labute approximate surface area is 158 Å². The van der Waals surface area contributed by atoms with Gasteiger partial charge in [0.15, 0.2) is 0 Å². The lowest BCUT2D eigenvalue weighted by atomic mass is 9.95. The molecule has 1 saturated heterocycles. The van der Waals surface area contributed by atoms with Gasteiger partial charge in [0.25, 0.3) is 0 Å². The number of rotatable bonds is 4. The molecule has 6 heteroatoms. The Morgan fingerprint density at radius 2 is 2.12 bits per heavy atom. The number of likely N-dealkylation sites (tertiary alicyclic amines) is 1. The minimum absolute atomic E-state index is 0.148. The number of carbonyl (C=O) groups is 1. The van der Waals surface area contributed by atoms with Crippen molar-refractivity contribution in [1.29, 1.82) is 5.26 Å². The van der Waals surface area contributed by atoms with Gasteiger partial charge in [-0.3, -0.25) is 9.89 Å². The average molecular weight is 369 g/mol. The predicted octanol–water partition coefficient (Wildman–Crippen LogP) is 3.94. The summed E-state index contributed by atoms with van der Waals surface area (Å²) in [5, 5.41) is 17.8. The molecule has 2 aromatic rings. The summed E-state index contributed by atoms with van der Waals surface area (Å²) >= 11 is 1.57. The van der Waals surface area contributed by atoms with Crippen LogP contribution in [0.25, 0.3) is 0 Å². The molecular weight excluding hydrogens is 344 g/mol. The molecule has 136 valence electrons. The molecule has 1 unspecified atom stereocenters. The van der Waals surface area contributed by atoms with Crippen LogP contribution in [0, 0.1) is 16.7 Å². The third kappa shape index (κ3) is 3.94. The van der Waals surface area contributed by atoms with E-state index in [0.29, 0.717) is 12.1 Å². The highest BCUT2D eigenvalue weighted by Gasteiger charge is 2.35. The van der Waals surface area contributed by atoms with Crippen LogP contribution in [-0.4, -0.2) is 34.1 Å². The summed E-state index contributed by atoms with van der Waals surface area (Å²) in [7, 11) is 0. The number of nitriles is 1. The zero-order valence-electron chi connectivity index (χ0n) is 15.5. The second-order valence-electron chi connectivity index (χ2n) is 7.69. The number of hydrogen-bond acceptors (Lipinski definition) is 4. The molecule has 0 aliphatic carbocycles. The van der Waals surface area contributed by atoms with Gasteiger partial charge in [0.1, 0.15) is 16.7 Å². The standard InChI is InChI=1S/C20H24N4OS/c1-20(2,3)19(25)24-10-9-15(12-24)17-16(11-21)18(23-22-17)26-13-14-7-5-4-6-8-14/h4-8,15H,9-10,12-13H2,1-3H3,(H,22,23). The van der Waals surface area contributed by atoms with Crippen molar-refractivity contribution in [3.63, 3.8) is 0 Å². The minimum Gasteiger partial charge on any atom is -0.342 e. The molecule has 1 amide bonds. The molecular formula is C20H24N4OS. The topological polar surface area (TPSA) is 72.8 Å². The van der Waals surface area contributed by atoms with Crippen molar-refractivity contribution in [1.82, 2.24) is 15.1 Å². The van der Waals surface area contributed by atoms with Crippen molar-refractivity contribution in [3.8, 4) is 6.07 Å². The molecule has 1 aliphatic rings. The number of thioether (sulfide) groups is 1. The van der Waals surface area contributed by atoms with Crippen molar-refractivity contribution in [2.75, 3.05) is 13.1 Å². The second kappa shape index (κ2) is 7.55. The molecule has 26 heavy (non-hydrogen) atoms. The van der Waals surface area contributed by atoms with Crippen LogP contribution in [0.5, 0.6) is 0 Å². The zero-order chi connectivity index (χ0) is 18.7. The minimum atomic E-state index is -0.377. The first kappa shape index (κ1) is 18.5. The van der Waals surface area contributed by atoms with Crippen LogP contribution in [0.2, 0.25) is 0 Å². The van der Waals surface area contributed by atoms with Crippen molar-refractivity contribution >= 4 is 17.7 Å². The third-order valence-corrected chi connectivity index (χ3v) is 5.66. The molecule has 1 aliphatic heterocycles. The Morgan fingerprint density at radius 1 is 1.38 bits per heavy atom. The summed E-state index contributed by atoms with van der Waals surface area (Å²) in [6, 6.07) is 12.5. The quantitative estimate of drug-likeness (QED) is 0.830. The normalized spacial score (nSPS) is 17.3. The number of aromatic amines is 1. The van der Waals surface area contributed by atoms with Crippen molar-refractivity contribution in [2.45, 2.75) is 43.9 Å². The molecule has 2 heterocycles. The Morgan fingerprint density at radius 3 is 2.77 bits per heavy atom. The summed E-state index contributed by atoms with van der Waals surface area (Å²) in [5.41, 5.74) is 2.32. The molecule has 3 rings (SSSR count). The first-order chi connectivity index (χ1) is 12.4. The molecule has 1 fully saturated rings. The summed E-state index contributed by atoms with van der Waals surface area (Å²) in [6.45, 7) is 7.21. The number of nitrogens with one attached hydrogen (secondary N) is 1. The van der Waals surface area contributed by atoms with Crippen molar-refractivity contribution < 1.29 is 4.79 Å². The number of amides is 1. The van der Waals surface area contributed by atoms with Crippen LogP contribution in [0.3, 0.4) is 0 Å². The van der Waals surface area contributed by atoms with Gasteiger partial charge < -0.3 is 4.90 Å². The molecule has 5 nitrogen and oxygen atoms in total. The fraction of sp³-hybridized carbons (Fsp3) is 0.450. The molecule has 0 radical (unpaired) electrons. The lowest BCUT2D eigenvalue weighted by molar-refractivity contribution is -0.138. The lowest BCUT2D eigenvalue weighted by Crippen LogP contribution is -2.37. The third-order valence-electron chi connectivity index (χ3n) is 4.62. The van der Waals surface area contributed by atoms with Gasteiger partial charge in [-0.15, -0.1) is 0 Å². The van der Waals surface area contributed by atoms with Crippen LogP contribution in [0.4, 0.5) is 0 Å². The van der Waals surface area contributed by atoms with E-state index in [1.807, 2.05) is 43.9 Å². The van der Waals surface area contributed by atoms with Crippen molar-refractivity contribution in [3.05, 3.63) is 47.2 Å². The molecule has 1 aromatic heterocycles. The van der Waals surface area contributed by atoms with Gasteiger partial charge in [-0.1, -0.05) is 62.9 Å². The Bertz CT molecular complexity index is 817. The first-order valence-electron chi connectivity index (χ1n) is 8.84. The smallest absolute Gasteiger partial charge is 0.227 e. The lowest BCUT2D eigenvalue weighted by Gasteiger charge is -2.25. The Kier molecular flexibility index (Phi) is 5.38. The maximum Gasteiger partial charge on any atom is 0.227 e. The Balaban J connectivity index is 1.71. The fourth-order valence-corrected chi connectivity index (χ4v) is 4.13. The van der Waals surface area contributed by atoms with E-state index in [0.717, 1.165) is 29.4 Å². The second-order valence-corrected chi connectivity index (χ2v) is 8.65. The van der Waals surface area contributed by atoms with E-state index in [2.05, 4.69) is 28.4 Å². The van der Waals surface area contributed by atoms with Crippen LogP contribution in [0.15, 0.2) is 35.4 Å². The maximum absolute atomic E-state index is 12.5. The number of H-pyrrole nitrogens is 1. The fourth-order valence-electron chi connectivity index (χ4n) is 3.23. The van der Waals surface area contributed by atoms with Gasteiger partial charge in [0.2, 0.25) is 5.91 Å². The molecule has 1 N–H and O–H groups in total. The summed E-state index contributed by atoms with van der Waals surface area (Å²) in [4.78, 5) is 14.4. The SMILES string of the molecule is CC(C)(C)C(=O)N1CCC(c2[nH]nc(SCc3ccccc3)c2C#N)C1. The predicted molar refractivity (Wildman–Crippen MR) is 103 cm³/mol. The molecule has 0 saturated carbocycles. The van der Waals surface area contributed by atoms with Crippen molar-refractivity contribution in [2.24, 2.45) is 5.41 Å². The van der Waals surface area contributed by atoms with Gasteiger partial charge in [-0.2, -0.15) is 10.4 Å². The highest BCUT2D eigenvalue weighted by Crippen LogP contribution is 2.34. The Hall–Kier alpha value is -2.26. The van der Waals surface area contributed by atoms with E-state index in [4.69, 9.17) is 0 Å². The first-order valence-corrected chi connectivity index (χ1v) is 9.83. The van der Waals surface area contributed by atoms with E-state index in [-0.39, 0.29) is 17.2 Å². The van der Waals surface area contributed by atoms with Gasteiger partial charge >= 0.3 is 0 Å². The van der Waals surface area contributed by atoms with E-state index in [1.165, 1.54) is 5.56 Å².